The lowest BCUT2D eigenvalue weighted by Gasteiger charge is -2.11. The first-order valence-electron chi connectivity index (χ1n) is 5.78. The first-order chi connectivity index (χ1) is 8.36. The second-order valence-corrected chi connectivity index (χ2v) is 7.49. The number of nitrogens with one attached hydrogen (secondary N) is 1. The largest absolute Gasteiger partial charge is 0.349 e. The van der Waals surface area contributed by atoms with Crippen LogP contribution >= 0.6 is 11.3 Å². The Hall–Kier alpha value is -0.920. The van der Waals surface area contributed by atoms with Gasteiger partial charge in [0.25, 0.3) is 5.91 Å². The average molecular weight is 288 g/mol. The summed E-state index contributed by atoms with van der Waals surface area (Å²) in [6.45, 7) is 2.16. The first kappa shape index (κ1) is 13.5. The van der Waals surface area contributed by atoms with Crippen LogP contribution in [0.5, 0.6) is 0 Å². The molecule has 1 aromatic rings. The third-order valence-corrected chi connectivity index (χ3v) is 5.53. The predicted molar refractivity (Wildman–Crippen MR) is 70.0 cm³/mol. The molecule has 0 aliphatic heterocycles. The van der Waals surface area contributed by atoms with E-state index in [2.05, 4.69) is 12.2 Å². The Bertz CT molecular complexity index is 550. The zero-order valence-corrected chi connectivity index (χ0v) is 11.7. The van der Waals surface area contributed by atoms with Crippen LogP contribution in [-0.2, 0) is 10.0 Å². The SMILES string of the molecule is CC1CCC(NC(=O)c2csc(S(N)(=O)=O)c2)C1. The number of sulfonamides is 1. The van der Waals surface area contributed by atoms with Crippen molar-refractivity contribution >= 4 is 27.3 Å². The van der Waals surface area contributed by atoms with Gasteiger partial charge < -0.3 is 5.32 Å². The maximum atomic E-state index is 11.9. The quantitative estimate of drug-likeness (QED) is 0.879. The van der Waals surface area contributed by atoms with Crippen LogP contribution in [0.2, 0.25) is 0 Å². The average Bonchev–Trinajstić information content (AvgIpc) is 2.85. The molecule has 1 aliphatic carbocycles. The van der Waals surface area contributed by atoms with E-state index in [4.69, 9.17) is 5.14 Å². The van der Waals surface area contributed by atoms with E-state index in [1.54, 1.807) is 0 Å². The van der Waals surface area contributed by atoms with Crippen molar-refractivity contribution < 1.29 is 13.2 Å². The summed E-state index contributed by atoms with van der Waals surface area (Å²) in [6, 6.07) is 1.53. The molecule has 0 bridgehead atoms. The summed E-state index contributed by atoms with van der Waals surface area (Å²) in [6.07, 6.45) is 3.09. The van der Waals surface area contributed by atoms with E-state index < -0.39 is 10.0 Å². The molecule has 2 unspecified atom stereocenters. The normalized spacial score (nSPS) is 24.1. The van der Waals surface area contributed by atoms with Crippen molar-refractivity contribution in [3.63, 3.8) is 0 Å². The third-order valence-electron chi connectivity index (χ3n) is 3.15. The molecule has 3 N–H and O–H groups in total. The summed E-state index contributed by atoms with van der Waals surface area (Å²) >= 11 is 0.969. The third kappa shape index (κ3) is 3.09. The van der Waals surface area contributed by atoms with Gasteiger partial charge in [-0.05, 0) is 31.2 Å². The molecular formula is C11H16N2O3S2. The minimum Gasteiger partial charge on any atom is -0.349 e. The van der Waals surface area contributed by atoms with Crippen molar-refractivity contribution in [3.05, 3.63) is 17.0 Å². The second kappa shape index (κ2) is 4.99. The highest BCUT2D eigenvalue weighted by Crippen LogP contribution is 2.25. The van der Waals surface area contributed by atoms with Gasteiger partial charge in [0.1, 0.15) is 4.21 Å². The molecule has 0 aromatic carbocycles. The molecule has 0 spiro atoms. The van der Waals surface area contributed by atoms with Crippen LogP contribution in [0.3, 0.4) is 0 Å². The van der Waals surface area contributed by atoms with Crippen molar-refractivity contribution in [1.82, 2.24) is 5.32 Å². The summed E-state index contributed by atoms with van der Waals surface area (Å²) in [5.41, 5.74) is 0.364. The van der Waals surface area contributed by atoms with Gasteiger partial charge in [0.2, 0.25) is 10.0 Å². The fourth-order valence-corrected chi connectivity index (χ4v) is 3.78. The van der Waals surface area contributed by atoms with Gasteiger partial charge in [-0.25, -0.2) is 13.6 Å². The summed E-state index contributed by atoms with van der Waals surface area (Å²) < 4.78 is 22.2. The number of hydrogen-bond acceptors (Lipinski definition) is 4. The Labute approximate surface area is 110 Å². The first-order valence-corrected chi connectivity index (χ1v) is 8.21. The lowest BCUT2D eigenvalue weighted by molar-refractivity contribution is 0.0937. The van der Waals surface area contributed by atoms with Crippen molar-refractivity contribution in [2.45, 2.75) is 36.4 Å². The Kier molecular flexibility index (Phi) is 3.74. The maximum Gasteiger partial charge on any atom is 0.252 e. The Morgan fingerprint density at radius 3 is 2.72 bits per heavy atom. The lowest BCUT2D eigenvalue weighted by Crippen LogP contribution is -2.32. The monoisotopic (exact) mass is 288 g/mol. The van der Waals surface area contributed by atoms with E-state index in [1.165, 1.54) is 11.4 Å². The molecule has 5 nitrogen and oxygen atoms in total. The highest BCUT2D eigenvalue weighted by molar-refractivity contribution is 7.91. The molecule has 2 atom stereocenters. The number of amides is 1. The van der Waals surface area contributed by atoms with Gasteiger partial charge in [0.15, 0.2) is 0 Å². The van der Waals surface area contributed by atoms with Gasteiger partial charge >= 0.3 is 0 Å². The summed E-state index contributed by atoms with van der Waals surface area (Å²) in [5.74, 6) is 0.415. The van der Waals surface area contributed by atoms with Crippen molar-refractivity contribution in [2.75, 3.05) is 0 Å². The zero-order chi connectivity index (χ0) is 13.3. The maximum absolute atomic E-state index is 11.9. The van der Waals surface area contributed by atoms with Gasteiger partial charge in [-0.2, -0.15) is 0 Å². The van der Waals surface area contributed by atoms with Crippen LogP contribution in [0.1, 0.15) is 36.5 Å². The van der Waals surface area contributed by atoms with Gasteiger partial charge in [0.05, 0.1) is 5.56 Å². The molecule has 0 radical (unpaired) electrons. The van der Waals surface area contributed by atoms with Crippen LogP contribution in [0.25, 0.3) is 0 Å². The van der Waals surface area contributed by atoms with E-state index in [0.717, 1.165) is 30.6 Å². The smallest absolute Gasteiger partial charge is 0.252 e. The molecule has 1 fully saturated rings. The molecule has 1 heterocycles. The standard InChI is InChI=1S/C11H16N2O3S2/c1-7-2-3-9(4-7)13-11(14)8-5-10(17-6-8)18(12,15)16/h5-7,9H,2-4H2,1H3,(H,13,14)(H2,12,15,16). The molecule has 100 valence electrons. The zero-order valence-electron chi connectivity index (χ0n) is 10.0. The van der Waals surface area contributed by atoms with Gasteiger partial charge in [0, 0.05) is 11.4 Å². The topological polar surface area (TPSA) is 89.3 Å². The summed E-state index contributed by atoms with van der Waals surface area (Å²) in [5, 5.41) is 9.45. The Morgan fingerprint density at radius 1 is 1.50 bits per heavy atom. The fraction of sp³-hybridized carbons (Fsp3) is 0.545. The summed E-state index contributed by atoms with van der Waals surface area (Å²) in [4.78, 5) is 11.9. The Morgan fingerprint density at radius 2 is 2.22 bits per heavy atom. The van der Waals surface area contributed by atoms with E-state index >= 15 is 0 Å². The number of rotatable bonds is 3. The van der Waals surface area contributed by atoms with Crippen LogP contribution in [0.15, 0.2) is 15.7 Å². The molecule has 2 rings (SSSR count). The van der Waals surface area contributed by atoms with E-state index in [9.17, 15) is 13.2 Å². The van der Waals surface area contributed by atoms with Crippen molar-refractivity contribution in [1.29, 1.82) is 0 Å². The number of carbonyl (C=O) groups is 1. The highest BCUT2D eigenvalue weighted by Gasteiger charge is 2.24. The molecule has 7 heteroatoms. The minimum absolute atomic E-state index is 0.0208. The molecule has 18 heavy (non-hydrogen) atoms. The molecular weight excluding hydrogens is 272 g/mol. The van der Waals surface area contributed by atoms with Gasteiger partial charge in [-0.3, -0.25) is 4.79 Å². The highest BCUT2D eigenvalue weighted by atomic mass is 32.2. The fourth-order valence-electron chi connectivity index (χ4n) is 2.19. The Balaban J connectivity index is 2.03. The van der Waals surface area contributed by atoms with Crippen LogP contribution in [0.4, 0.5) is 0 Å². The van der Waals surface area contributed by atoms with Gasteiger partial charge in [-0.15, -0.1) is 11.3 Å². The number of primary sulfonamides is 1. The number of hydrogen-bond donors (Lipinski definition) is 2. The van der Waals surface area contributed by atoms with E-state index in [0.29, 0.717) is 11.5 Å². The lowest BCUT2D eigenvalue weighted by atomic mass is 10.1. The predicted octanol–water partition coefficient (Wildman–Crippen LogP) is 1.31. The molecule has 1 aliphatic rings. The second-order valence-electron chi connectivity index (χ2n) is 4.79. The van der Waals surface area contributed by atoms with Crippen molar-refractivity contribution in [3.8, 4) is 0 Å². The van der Waals surface area contributed by atoms with Crippen LogP contribution in [0, 0.1) is 5.92 Å². The number of thiophene rings is 1. The van der Waals surface area contributed by atoms with Gasteiger partial charge in [-0.1, -0.05) is 6.92 Å². The molecule has 1 amide bonds. The van der Waals surface area contributed by atoms with E-state index in [1.807, 2.05) is 0 Å². The molecule has 1 saturated carbocycles. The number of nitrogens with two attached hydrogens (primary N) is 1. The van der Waals surface area contributed by atoms with Crippen molar-refractivity contribution in [2.24, 2.45) is 11.1 Å². The molecule has 1 aromatic heterocycles. The van der Waals surface area contributed by atoms with Crippen LogP contribution in [-0.4, -0.2) is 20.4 Å². The minimum atomic E-state index is -3.71. The molecule has 0 saturated heterocycles. The van der Waals surface area contributed by atoms with Crippen LogP contribution < -0.4 is 10.5 Å². The van der Waals surface area contributed by atoms with E-state index in [-0.39, 0.29) is 16.2 Å². The summed E-state index contributed by atoms with van der Waals surface area (Å²) in [7, 11) is -3.71. The number of carbonyl (C=O) groups excluding carboxylic acids is 1.